The van der Waals surface area contributed by atoms with Gasteiger partial charge in [-0.1, -0.05) is 35.5 Å². The van der Waals surface area contributed by atoms with Gasteiger partial charge in [-0.2, -0.15) is 0 Å². The van der Waals surface area contributed by atoms with Crippen molar-refractivity contribution in [3.8, 4) is 0 Å². The summed E-state index contributed by atoms with van der Waals surface area (Å²) < 4.78 is 13.7. The molecule has 17 heavy (non-hydrogen) atoms. The van der Waals surface area contributed by atoms with Gasteiger partial charge in [0.25, 0.3) is 0 Å². The van der Waals surface area contributed by atoms with Crippen molar-refractivity contribution in [2.24, 2.45) is 5.73 Å². The average Bonchev–Trinajstić information content (AvgIpc) is 2.32. The Morgan fingerprint density at radius 3 is 2.65 bits per heavy atom. The van der Waals surface area contributed by atoms with Gasteiger partial charge in [-0.05, 0) is 35.9 Å². The Bertz CT molecular complexity index is 531. The zero-order valence-corrected chi connectivity index (χ0v) is 10.6. The largest absolute Gasteiger partial charge is 0.326 e. The summed E-state index contributed by atoms with van der Waals surface area (Å²) in [5, 5.41) is 0.647. The predicted molar refractivity (Wildman–Crippen MR) is 69.9 cm³/mol. The van der Waals surface area contributed by atoms with E-state index in [9.17, 15) is 4.39 Å². The van der Waals surface area contributed by atoms with Crippen LogP contribution in [0.1, 0.15) is 5.56 Å². The molecular weight excluding hydrogens is 257 g/mol. The fourth-order valence-corrected chi connectivity index (χ4v) is 2.55. The number of halogens is 2. The molecule has 0 fully saturated rings. The molecule has 0 bridgehead atoms. The molecule has 4 heteroatoms. The van der Waals surface area contributed by atoms with Crippen molar-refractivity contribution in [2.45, 2.75) is 16.3 Å². The van der Waals surface area contributed by atoms with Crippen LogP contribution >= 0.6 is 23.4 Å². The summed E-state index contributed by atoms with van der Waals surface area (Å²) in [4.78, 5) is 1.49. The minimum Gasteiger partial charge on any atom is -0.326 e. The van der Waals surface area contributed by atoms with Gasteiger partial charge in [-0.15, -0.1) is 0 Å². The zero-order chi connectivity index (χ0) is 12.3. The van der Waals surface area contributed by atoms with Crippen LogP contribution in [0.5, 0.6) is 0 Å². The van der Waals surface area contributed by atoms with Gasteiger partial charge in [-0.25, -0.2) is 4.39 Å². The minimum atomic E-state index is -0.252. The summed E-state index contributed by atoms with van der Waals surface area (Å²) in [5.41, 5.74) is 6.24. The molecule has 0 aliphatic rings. The molecule has 0 unspecified atom stereocenters. The Morgan fingerprint density at radius 2 is 2.00 bits per heavy atom. The summed E-state index contributed by atoms with van der Waals surface area (Å²) in [6.07, 6.45) is 0. The second kappa shape index (κ2) is 5.54. The SMILES string of the molecule is NCc1ccc(Sc2cccc(Cl)c2)c(F)c1. The topological polar surface area (TPSA) is 26.0 Å². The lowest BCUT2D eigenvalue weighted by molar-refractivity contribution is 0.599. The lowest BCUT2D eigenvalue weighted by Crippen LogP contribution is -1.96. The van der Waals surface area contributed by atoms with Crippen LogP contribution in [0.3, 0.4) is 0 Å². The summed E-state index contributed by atoms with van der Waals surface area (Å²) in [7, 11) is 0. The molecule has 1 nitrogen and oxygen atoms in total. The van der Waals surface area contributed by atoms with Crippen molar-refractivity contribution in [1.29, 1.82) is 0 Å². The Morgan fingerprint density at radius 1 is 1.18 bits per heavy atom. The Hall–Kier alpha value is -1.03. The molecule has 0 aliphatic carbocycles. The molecule has 2 aromatic rings. The highest BCUT2D eigenvalue weighted by atomic mass is 35.5. The van der Waals surface area contributed by atoms with Crippen molar-refractivity contribution in [2.75, 3.05) is 0 Å². The van der Waals surface area contributed by atoms with Crippen LogP contribution in [0.4, 0.5) is 4.39 Å². The molecule has 2 aromatic carbocycles. The fraction of sp³-hybridized carbons (Fsp3) is 0.0769. The molecule has 0 saturated heterocycles. The van der Waals surface area contributed by atoms with Gasteiger partial charge in [-0.3, -0.25) is 0 Å². The average molecular weight is 268 g/mol. The maximum absolute atomic E-state index is 13.7. The standard InChI is InChI=1S/C13H11ClFNS/c14-10-2-1-3-11(7-10)17-13-5-4-9(8-16)6-12(13)15/h1-7H,8,16H2. The third kappa shape index (κ3) is 3.22. The number of rotatable bonds is 3. The molecular formula is C13H11ClFNS. The smallest absolute Gasteiger partial charge is 0.137 e. The van der Waals surface area contributed by atoms with E-state index in [0.717, 1.165) is 10.5 Å². The van der Waals surface area contributed by atoms with E-state index in [2.05, 4.69) is 0 Å². The highest BCUT2D eigenvalue weighted by Crippen LogP contribution is 2.31. The molecule has 2 rings (SSSR count). The zero-order valence-electron chi connectivity index (χ0n) is 8.99. The highest BCUT2D eigenvalue weighted by molar-refractivity contribution is 7.99. The summed E-state index contributed by atoms with van der Waals surface area (Å²) >= 11 is 7.22. The third-order valence-corrected chi connectivity index (χ3v) is 3.53. The molecule has 2 N–H and O–H groups in total. The monoisotopic (exact) mass is 267 g/mol. The summed E-state index contributed by atoms with van der Waals surface area (Å²) in [6, 6.07) is 12.4. The van der Waals surface area contributed by atoms with Crippen LogP contribution in [0.25, 0.3) is 0 Å². The van der Waals surface area contributed by atoms with Crippen LogP contribution in [-0.4, -0.2) is 0 Å². The van der Waals surface area contributed by atoms with E-state index in [0.29, 0.717) is 16.5 Å². The van der Waals surface area contributed by atoms with Crippen LogP contribution in [-0.2, 0) is 6.54 Å². The molecule has 0 aliphatic heterocycles. The van der Waals surface area contributed by atoms with Gasteiger partial charge in [0.1, 0.15) is 5.82 Å². The van der Waals surface area contributed by atoms with Crippen molar-refractivity contribution >= 4 is 23.4 Å². The maximum atomic E-state index is 13.7. The van der Waals surface area contributed by atoms with Crippen LogP contribution < -0.4 is 5.73 Å². The molecule has 0 spiro atoms. The molecule has 0 amide bonds. The van der Waals surface area contributed by atoms with Gasteiger partial charge in [0.2, 0.25) is 0 Å². The van der Waals surface area contributed by atoms with Gasteiger partial charge in [0.15, 0.2) is 0 Å². The van der Waals surface area contributed by atoms with Gasteiger partial charge in [0.05, 0.1) is 0 Å². The van der Waals surface area contributed by atoms with Crippen molar-refractivity contribution in [3.05, 3.63) is 58.9 Å². The molecule has 0 aromatic heterocycles. The predicted octanol–water partition coefficient (Wildman–Crippen LogP) is 4.09. The van der Waals surface area contributed by atoms with Gasteiger partial charge < -0.3 is 5.73 Å². The molecule has 0 saturated carbocycles. The summed E-state index contributed by atoms with van der Waals surface area (Å²) in [6.45, 7) is 0.346. The number of hydrogen-bond acceptors (Lipinski definition) is 2. The first-order valence-corrected chi connectivity index (χ1v) is 6.30. The maximum Gasteiger partial charge on any atom is 0.137 e. The highest BCUT2D eigenvalue weighted by Gasteiger charge is 2.05. The van der Waals surface area contributed by atoms with E-state index in [1.807, 2.05) is 24.3 Å². The van der Waals surface area contributed by atoms with E-state index >= 15 is 0 Å². The molecule has 0 atom stereocenters. The van der Waals surface area contributed by atoms with Crippen molar-refractivity contribution in [3.63, 3.8) is 0 Å². The first-order chi connectivity index (χ1) is 8.19. The number of nitrogens with two attached hydrogens (primary N) is 1. The Balaban J connectivity index is 2.24. The second-order valence-corrected chi connectivity index (χ2v) is 5.08. The first-order valence-electron chi connectivity index (χ1n) is 5.11. The fourth-order valence-electron chi connectivity index (χ4n) is 1.41. The van der Waals surface area contributed by atoms with E-state index < -0.39 is 0 Å². The number of benzene rings is 2. The quantitative estimate of drug-likeness (QED) is 0.906. The van der Waals surface area contributed by atoms with E-state index in [1.165, 1.54) is 17.8 Å². The van der Waals surface area contributed by atoms with E-state index in [-0.39, 0.29) is 5.82 Å². The third-order valence-electron chi connectivity index (χ3n) is 2.26. The minimum absolute atomic E-state index is 0.252. The van der Waals surface area contributed by atoms with E-state index in [1.54, 1.807) is 12.1 Å². The lowest BCUT2D eigenvalue weighted by atomic mass is 10.2. The molecule has 0 radical (unpaired) electrons. The molecule has 88 valence electrons. The Labute approximate surface area is 109 Å². The summed E-state index contributed by atoms with van der Waals surface area (Å²) in [5.74, 6) is -0.252. The molecule has 0 heterocycles. The second-order valence-electron chi connectivity index (χ2n) is 3.53. The van der Waals surface area contributed by atoms with Gasteiger partial charge in [0, 0.05) is 21.4 Å². The lowest BCUT2D eigenvalue weighted by Gasteiger charge is -2.05. The Kier molecular flexibility index (Phi) is 4.05. The van der Waals surface area contributed by atoms with Crippen molar-refractivity contribution in [1.82, 2.24) is 0 Å². The van der Waals surface area contributed by atoms with Crippen LogP contribution in [0.15, 0.2) is 52.3 Å². The van der Waals surface area contributed by atoms with Crippen LogP contribution in [0.2, 0.25) is 5.02 Å². The van der Waals surface area contributed by atoms with Gasteiger partial charge >= 0.3 is 0 Å². The normalized spacial score (nSPS) is 10.5. The van der Waals surface area contributed by atoms with E-state index in [4.69, 9.17) is 17.3 Å². The van der Waals surface area contributed by atoms with Crippen LogP contribution in [0, 0.1) is 5.82 Å². The number of hydrogen-bond donors (Lipinski definition) is 1. The first kappa shape index (κ1) is 12.4. The van der Waals surface area contributed by atoms with Crippen molar-refractivity contribution < 1.29 is 4.39 Å².